The minimum atomic E-state index is -0.277. The zero-order valence-corrected chi connectivity index (χ0v) is 10.9. The van der Waals surface area contributed by atoms with Crippen LogP contribution in [0.2, 0.25) is 0 Å². The highest BCUT2D eigenvalue weighted by atomic mass is 32.1. The Morgan fingerprint density at radius 2 is 2.42 bits per heavy atom. The molecule has 3 heterocycles. The summed E-state index contributed by atoms with van der Waals surface area (Å²) in [6.45, 7) is 0.769. The first-order valence-corrected chi connectivity index (χ1v) is 6.85. The zero-order valence-electron chi connectivity index (χ0n) is 10.1. The van der Waals surface area contributed by atoms with Gasteiger partial charge in [-0.05, 0) is 12.8 Å². The van der Waals surface area contributed by atoms with Gasteiger partial charge in [-0.2, -0.15) is 0 Å². The largest absolute Gasteiger partial charge is 0.371 e. The number of nitrogens with one attached hydrogen (secondary N) is 1. The van der Waals surface area contributed by atoms with Crippen molar-refractivity contribution in [3.63, 3.8) is 0 Å². The van der Waals surface area contributed by atoms with E-state index in [2.05, 4.69) is 20.3 Å². The summed E-state index contributed by atoms with van der Waals surface area (Å²) < 4.78 is 5.54. The van der Waals surface area contributed by atoms with E-state index in [0.717, 1.165) is 24.5 Å². The molecule has 0 radical (unpaired) electrons. The van der Waals surface area contributed by atoms with E-state index < -0.39 is 0 Å². The van der Waals surface area contributed by atoms with Crippen molar-refractivity contribution in [2.45, 2.75) is 18.9 Å². The number of ether oxygens (including phenoxy) is 1. The van der Waals surface area contributed by atoms with Crippen molar-refractivity contribution in [3.05, 3.63) is 34.7 Å². The molecule has 0 unspecified atom stereocenters. The van der Waals surface area contributed by atoms with Crippen LogP contribution in [0, 0.1) is 0 Å². The molecule has 6 nitrogen and oxygen atoms in total. The van der Waals surface area contributed by atoms with E-state index in [-0.39, 0.29) is 12.0 Å². The van der Waals surface area contributed by atoms with Gasteiger partial charge in [0.1, 0.15) is 16.8 Å². The molecule has 1 saturated heterocycles. The van der Waals surface area contributed by atoms with E-state index in [1.807, 2.05) is 0 Å². The van der Waals surface area contributed by atoms with Crippen molar-refractivity contribution in [3.8, 4) is 0 Å². The molecule has 98 valence electrons. The van der Waals surface area contributed by atoms with Crippen LogP contribution in [0.5, 0.6) is 0 Å². The van der Waals surface area contributed by atoms with Crippen LogP contribution in [-0.2, 0) is 4.74 Å². The fourth-order valence-corrected chi connectivity index (χ4v) is 2.74. The van der Waals surface area contributed by atoms with E-state index in [1.165, 1.54) is 23.7 Å². The number of amides is 1. The van der Waals surface area contributed by atoms with E-state index in [1.54, 1.807) is 11.6 Å². The molecule has 1 aliphatic rings. The standard InChI is InChI=1S/C12H12N4O2S/c17-11(16-10-6-13-3-4-14-10)8-7-19-12(15-8)9-2-1-5-18-9/h3-4,6-7,9H,1-2,5H2,(H,14,16,17)/t9-/m1/s1. The highest BCUT2D eigenvalue weighted by molar-refractivity contribution is 7.09. The Morgan fingerprint density at radius 3 is 3.16 bits per heavy atom. The summed E-state index contributed by atoms with van der Waals surface area (Å²) in [6, 6.07) is 0. The predicted octanol–water partition coefficient (Wildman–Crippen LogP) is 2.04. The van der Waals surface area contributed by atoms with Gasteiger partial charge in [0, 0.05) is 24.4 Å². The summed E-state index contributed by atoms with van der Waals surface area (Å²) >= 11 is 1.45. The lowest BCUT2D eigenvalue weighted by molar-refractivity contribution is 0.101. The molecule has 7 heteroatoms. The molecule has 3 rings (SSSR count). The van der Waals surface area contributed by atoms with Crippen LogP contribution in [0.4, 0.5) is 5.82 Å². The predicted molar refractivity (Wildman–Crippen MR) is 70.0 cm³/mol. The summed E-state index contributed by atoms with van der Waals surface area (Å²) in [4.78, 5) is 24.2. The summed E-state index contributed by atoms with van der Waals surface area (Å²) in [7, 11) is 0. The van der Waals surface area contributed by atoms with Crippen LogP contribution in [0.25, 0.3) is 0 Å². The summed E-state index contributed by atoms with van der Waals surface area (Å²) in [5.41, 5.74) is 0.390. The average Bonchev–Trinajstić information content (AvgIpc) is 3.11. The first-order valence-electron chi connectivity index (χ1n) is 5.97. The van der Waals surface area contributed by atoms with Gasteiger partial charge >= 0.3 is 0 Å². The van der Waals surface area contributed by atoms with Gasteiger partial charge in [0.15, 0.2) is 5.82 Å². The monoisotopic (exact) mass is 276 g/mol. The smallest absolute Gasteiger partial charge is 0.276 e. The SMILES string of the molecule is O=C(Nc1cnccn1)c1csc([C@H]2CCCO2)n1. The van der Waals surface area contributed by atoms with Gasteiger partial charge in [0.05, 0.1) is 6.20 Å². The van der Waals surface area contributed by atoms with Crippen LogP contribution < -0.4 is 5.32 Å². The Hall–Kier alpha value is -1.86. The highest BCUT2D eigenvalue weighted by Crippen LogP contribution is 2.30. The van der Waals surface area contributed by atoms with Crippen molar-refractivity contribution in [2.24, 2.45) is 0 Å². The second kappa shape index (κ2) is 5.41. The lowest BCUT2D eigenvalue weighted by Crippen LogP contribution is -2.13. The Balaban J connectivity index is 1.70. The molecule has 0 aromatic carbocycles. The van der Waals surface area contributed by atoms with Crippen LogP contribution in [0.15, 0.2) is 24.0 Å². The lowest BCUT2D eigenvalue weighted by Gasteiger charge is -2.03. The number of hydrogen-bond acceptors (Lipinski definition) is 6. The van der Waals surface area contributed by atoms with E-state index in [4.69, 9.17) is 4.74 Å². The van der Waals surface area contributed by atoms with Crippen LogP contribution in [0.3, 0.4) is 0 Å². The Morgan fingerprint density at radius 1 is 1.47 bits per heavy atom. The quantitative estimate of drug-likeness (QED) is 0.928. The molecule has 0 spiro atoms. The summed E-state index contributed by atoms with van der Waals surface area (Å²) in [6.07, 6.45) is 6.63. The molecule has 1 N–H and O–H groups in total. The third-order valence-corrected chi connectivity index (χ3v) is 3.70. The summed E-state index contributed by atoms with van der Waals surface area (Å²) in [5.74, 6) is 0.139. The van der Waals surface area contributed by atoms with Crippen LogP contribution in [0.1, 0.15) is 34.4 Å². The Bertz CT molecular complexity index is 566. The fraction of sp³-hybridized carbons (Fsp3) is 0.333. The van der Waals surface area contributed by atoms with E-state index >= 15 is 0 Å². The van der Waals surface area contributed by atoms with E-state index in [9.17, 15) is 4.79 Å². The molecule has 1 fully saturated rings. The minimum absolute atomic E-state index is 0.0445. The number of thiazole rings is 1. The maximum atomic E-state index is 12.0. The minimum Gasteiger partial charge on any atom is -0.371 e. The molecule has 1 amide bonds. The lowest BCUT2D eigenvalue weighted by atomic mass is 10.2. The molecule has 1 atom stereocenters. The molecule has 0 aliphatic carbocycles. The fourth-order valence-electron chi connectivity index (χ4n) is 1.86. The van der Waals surface area contributed by atoms with E-state index in [0.29, 0.717) is 11.5 Å². The second-order valence-corrected chi connectivity index (χ2v) is 5.01. The van der Waals surface area contributed by atoms with Gasteiger partial charge in [-0.15, -0.1) is 11.3 Å². The van der Waals surface area contributed by atoms with Crippen molar-refractivity contribution in [1.82, 2.24) is 15.0 Å². The zero-order chi connectivity index (χ0) is 13.1. The average molecular weight is 276 g/mol. The Kier molecular flexibility index (Phi) is 3.47. The van der Waals surface area contributed by atoms with Gasteiger partial charge in [-0.25, -0.2) is 9.97 Å². The second-order valence-electron chi connectivity index (χ2n) is 4.12. The number of nitrogens with zero attached hydrogens (tertiary/aromatic N) is 3. The molecule has 19 heavy (non-hydrogen) atoms. The number of aromatic nitrogens is 3. The molecule has 0 saturated carbocycles. The van der Waals surface area contributed by atoms with Crippen LogP contribution >= 0.6 is 11.3 Å². The number of anilines is 1. The number of hydrogen-bond donors (Lipinski definition) is 1. The van der Waals surface area contributed by atoms with Crippen molar-refractivity contribution >= 4 is 23.1 Å². The topological polar surface area (TPSA) is 77.0 Å². The van der Waals surface area contributed by atoms with Crippen molar-refractivity contribution in [2.75, 3.05) is 11.9 Å². The summed E-state index contributed by atoms with van der Waals surface area (Å²) in [5, 5.41) is 5.25. The molecule has 2 aromatic heterocycles. The highest BCUT2D eigenvalue weighted by Gasteiger charge is 2.22. The molecule has 0 bridgehead atoms. The number of carbonyl (C=O) groups is 1. The molecular formula is C12H12N4O2S. The van der Waals surface area contributed by atoms with Crippen molar-refractivity contribution < 1.29 is 9.53 Å². The molecular weight excluding hydrogens is 264 g/mol. The first kappa shape index (κ1) is 12.2. The van der Waals surface area contributed by atoms with Gasteiger partial charge in [-0.1, -0.05) is 0 Å². The third kappa shape index (κ3) is 2.77. The maximum absolute atomic E-state index is 12.0. The first-order chi connectivity index (χ1) is 9.33. The van der Waals surface area contributed by atoms with Crippen LogP contribution in [-0.4, -0.2) is 27.5 Å². The Labute approximate surface area is 113 Å². The maximum Gasteiger partial charge on any atom is 0.276 e. The number of rotatable bonds is 3. The molecule has 1 aliphatic heterocycles. The molecule has 2 aromatic rings. The number of carbonyl (C=O) groups excluding carboxylic acids is 1. The van der Waals surface area contributed by atoms with Crippen molar-refractivity contribution in [1.29, 1.82) is 0 Å². The van der Waals surface area contributed by atoms with Gasteiger partial charge < -0.3 is 10.1 Å². The van der Waals surface area contributed by atoms with Gasteiger partial charge in [-0.3, -0.25) is 9.78 Å². The third-order valence-electron chi connectivity index (χ3n) is 2.76. The van der Waals surface area contributed by atoms with Gasteiger partial charge in [0.25, 0.3) is 5.91 Å². The normalized spacial score (nSPS) is 18.4. The van der Waals surface area contributed by atoms with Gasteiger partial charge in [0.2, 0.25) is 0 Å².